The minimum absolute atomic E-state index is 0.293. The van der Waals surface area contributed by atoms with Gasteiger partial charge in [0, 0.05) is 23.0 Å². The molecule has 0 radical (unpaired) electrons. The SMILES string of the molecule is Cc1c(Cl)cc(C(C)C)c(O)c1C1CCNC1. The lowest BCUT2D eigenvalue weighted by Gasteiger charge is -2.20. The number of hydrogen-bond acceptors (Lipinski definition) is 2. The fourth-order valence-corrected chi connectivity index (χ4v) is 2.83. The van der Waals surface area contributed by atoms with Crippen molar-refractivity contribution in [3.8, 4) is 5.75 Å². The first-order valence-corrected chi connectivity index (χ1v) is 6.62. The van der Waals surface area contributed by atoms with Gasteiger partial charge in [0.15, 0.2) is 0 Å². The molecule has 3 heteroatoms. The lowest BCUT2D eigenvalue weighted by molar-refractivity contribution is 0.451. The van der Waals surface area contributed by atoms with E-state index in [-0.39, 0.29) is 0 Å². The molecule has 0 aromatic heterocycles. The third kappa shape index (κ3) is 2.29. The number of halogens is 1. The topological polar surface area (TPSA) is 32.3 Å². The predicted molar refractivity (Wildman–Crippen MR) is 72.2 cm³/mol. The molecule has 0 saturated carbocycles. The summed E-state index contributed by atoms with van der Waals surface area (Å²) in [7, 11) is 0. The summed E-state index contributed by atoms with van der Waals surface area (Å²) in [5, 5.41) is 14.5. The largest absolute Gasteiger partial charge is 0.507 e. The van der Waals surface area contributed by atoms with Gasteiger partial charge < -0.3 is 10.4 Å². The Morgan fingerprint density at radius 3 is 2.71 bits per heavy atom. The second-order valence-electron chi connectivity index (χ2n) is 5.18. The van der Waals surface area contributed by atoms with Crippen LogP contribution in [0.3, 0.4) is 0 Å². The summed E-state index contributed by atoms with van der Waals surface area (Å²) in [6, 6.07) is 1.91. The molecule has 1 aliphatic heterocycles. The Labute approximate surface area is 108 Å². The van der Waals surface area contributed by atoms with Crippen molar-refractivity contribution in [2.24, 2.45) is 0 Å². The van der Waals surface area contributed by atoms with Crippen LogP contribution < -0.4 is 5.32 Å². The van der Waals surface area contributed by atoms with Gasteiger partial charge in [-0.05, 0) is 43.0 Å². The predicted octanol–water partition coefficient (Wildman–Crippen LogP) is 3.55. The van der Waals surface area contributed by atoms with Gasteiger partial charge in [-0.1, -0.05) is 25.4 Å². The van der Waals surface area contributed by atoms with Crippen molar-refractivity contribution >= 4 is 11.6 Å². The number of nitrogens with one attached hydrogen (secondary N) is 1. The summed E-state index contributed by atoms with van der Waals surface area (Å²) in [5.74, 6) is 1.14. The van der Waals surface area contributed by atoms with E-state index >= 15 is 0 Å². The fraction of sp³-hybridized carbons (Fsp3) is 0.571. The number of phenols is 1. The number of benzene rings is 1. The van der Waals surface area contributed by atoms with Crippen LogP contribution >= 0.6 is 11.6 Å². The van der Waals surface area contributed by atoms with Crippen molar-refractivity contribution in [2.75, 3.05) is 13.1 Å². The molecule has 2 rings (SSSR count). The van der Waals surface area contributed by atoms with Crippen LogP contribution in [0.1, 0.15) is 48.8 Å². The first-order valence-electron chi connectivity index (χ1n) is 6.25. The standard InChI is InChI=1S/C14H20ClNO/c1-8(2)11-6-12(15)9(3)13(14(11)17)10-4-5-16-7-10/h6,8,10,16-17H,4-5,7H2,1-3H3. The molecule has 2 nitrogen and oxygen atoms in total. The van der Waals surface area contributed by atoms with E-state index in [2.05, 4.69) is 19.2 Å². The molecule has 0 bridgehead atoms. The highest BCUT2D eigenvalue weighted by Gasteiger charge is 2.25. The maximum atomic E-state index is 10.4. The van der Waals surface area contributed by atoms with Crippen molar-refractivity contribution in [1.29, 1.82) is 0 Å². The van der Waals surface area contributed by atoms with E-state index in [1.807, 2.05) is 13.0 Å². The van der Waals surface area contributed by atoms with Crippen molar-refractivity contribution in [3.05, 3.63) is 27.8 Å². The maximum Gasteiger partial charge on any atom is 0.122 e. The summed E-state index contributed by atoms with van der Waals surface area (Å²) >= 11 is 6.28. The van der Waals surface area contributed by atoms with E-state index in [0.717, 1.165) is 41.2 Å². The lowest BCUT2D eigenvalue weighted by atomic mass is 9.88. The quantitative estimate of drug-likeness (QED) is 0.845. The fourth-order valence-electron chi connectivity index (χ4n) is 2.62. The molecule has 17 heavy (non-hydrogen) atoms. The van der Waals surface area contributed by atoms with E-state index < -0.39 is 0 Å². The highest BCUT2D eigenvalue weighted by Crippen LogP contribution is 2.41. The second-order valence-corrected chi connectivity index (χ2v) is 5.59. The van der Waals surface area contributed by atoms with Crippen LogP contribution in [0, 0.1) is 6.92 Å². The average molecular weight is 254 g/mol. The zero-order valence-corrected chi connectivity index (χ0v) is 11.4. The molecule has 1 atom stereocenters. The minimum atomic E-state index is 0.293. The molecule has 1 aliphatic rings. The monoisotopic (exact) mass is 253 g/mol. The van der Waals surface area contributed by atoms with E-state index in [1.165, 1.54) is 0 Å². The number of rotatable bonds is 2. The van der Waals surface area contributed by atoms with Crippen LogP contribution in [-0.4, -0.2) is 18.2 Å². The molecule has 2 N–H and O–H groups in total. The van der Waals surface area contributed by atoms with Crippen molar-refractivity contribution < 1.29 is 5.11 Å². The number of phenolic OH excluding ortho intramolecular Hbond substituents is 1. The van der Waals surface area contributed by atoms with Crippen LogP contribution in [0.25, 0.3) is 0 Å². The van der Waals surface area contributed by atoms with Gasteiger partial charge in [0.2, 0.25) is 0 Å². The number of aromatic hydroxyl groups is 1. The summed E-state index contributed by atoms with van der Waals surface area (Å²) in [6.07, 6.45) is 1.08. The zero-order chi connectivity index (χ0) is 12.6. The first kappa shape index (κ1) is 12.7. The highest BCUT2D eigenvalue weighted by molar-refractivity contribution is 6.31. The summed E-state index contributed by atoms with van der Waals surface area (Å²) in [4.78, 5) is 0. The van der Waals surface area contributed by atoms with Crippen molar-refractivity contribution in [2.45, 2.75) is 39.0 Å². The molecule has 1 saturated heterocycles. The van der Waals surface area contributed by atoms with Crippen LogP contribution in [0.15, 0.2) is 6.07 Å². The summed E-state index contributed by atoms with van der Waals surface area (Å²) < 4.78 is 0. The van der Waals surface area contributed by atoms with Gasteiger partial charge in [-0.3, -0.25) is 0 Å². The van der Waals surface area contributed by atoms with E-state index in [4.69, 9.17) is 11.6 Å². The van der Waals surface area contributed by atoms with Crippen LogP contribution in [0.4, 0.5) is 0 Å². The van der Waals surface area contributed by atoms with E-state index in [9.17, 15) is 5.11 Å². The van der Waals surface area contributed by atoms with Gasteiger partial charge in [-0.25, -0.2) is 0 Å². The lowest BCUT2D eigenvalue weighted by Crippen LogP contribution is -2.10. The molecular weight excluding hydrogens is 234 g/mol. The third-order valence-corrected chi connectivity index (χ3v) is 4.06. The summed E-state index contributed by atoms with van der Waals surface area (Å²) in [5.41, 5.74) is 3.04. The number of hydrogen-bond donors (Lipinski definition) is 2. The Morgan fingerprint density at radius 1 is 1.47 bits per heavy atom. The van der Waals surface area contributed by atoms with Crippen LogP contribution in [0.5, 0.6) is 5.75 Å². The van der Waals surface area contributed by atoms with Crippen molar-refractivity contribution in [3.63, 3.8) is 0 Å². The van der Waals surface area contributed by atoms with Crippen LogP contribution in [0.2, 0.25) is 5.02 Å². The molecule has 0 aliphatic carbocycles. The molecule has 1 aromatic rings. The Balaban J connectivity index is 2.55. The zero-order valence-electron chi connectivity index (χ0n) is 10.7. The molecule has 1 unspecified atom stereocenters. The molecule has 0 spiro atoms. The van der Waals surface area contributed by atoms with Gasteiger partial charge in [0.05, 0.1) is 0 Å². The molecular formula is C14H20ClNO. The maximum absolute atomic E-state index is 10.4. The summed E-state index contributed by atoms with van der Waals surface area (Å²) in [6.45, 7) is 8.12. The third-order valence-electron chi connectivity index (χ3n) is 3.66. The van der Waals surface area contributed by atoms with Gasteiger partial charge in [-0.15, -0.1) is 0 Å². The molecule has 1 fully saturated rings. The Hall–Kier alpha value is -0.730. The van der Waals surface area contributed by atoms with E-state index in [1.54, 1.807) is 0 Å². The minimum Gasteiger partial charge on any atom is -0.507 e. The molecule has 94 valence electrons. The van der Waals surface area contributed by atoms with Gasteiger partial charge >= 0.3 is 0 Å². The van der Waals surface area contributed by atoms with E-state index in [0.29, 0.717) is 17.6 Å². The molecule has 0 amide bonds. The van der Waals surface area contributed by atoms with Gasteiger partial charge in [0.25, 0.3) is 0 Å². The van der Waals surface area contributed by atoms with Crippen LogP contribution in [-0.2, 0) is 0 Å². The van der Waals surface area contributed by atoms with Gasteiger partial charge in [-0.2, -0.15) is 0 Å². The molecule has 1 heterocycles. The Bertz CT molecular complexity index is 423. The molecule has 1 aromatic carbocycles. The van der Waals surface area contributed by atoms with Gasteiger partial charge in [0.1, 0.15) is 5.75 Å². The normalized spacial score (nSPS) is 20.2. The average Bonchev–Trinajstić information content (AvgIpc) is 2.76. The second kappa shape index (κ2) is 4.87. The highest BCUT2D eigenvalue weighted by atomic mass is 35.5. The first-order chi connectivity index (χ1) is 8.02. The smallest absolute Gasteiger partial charge is 0.122 e. The van der Waals surface area contributed by atoms with Crippen molar-refractivity contribution in [1.82, 2.24) is 5.32 Å². The Kier molecular flexibility index (Phi) is 3.64. The Morgan fingerprint density at radius 2 is 2.18 bits per heavy atom.